The summed E-state index contributed by atoms with van der Waals surface area (Å²) in [5.74, 6) is -0.676. The molecule has 0 aliphatic carbocycles. The third-order valence-electron chi connectivity index (χ3n) is 5.04. The molecule has 6 heteroatoms. The summed E-state index contributed by atoms with van der Waals surface area (Å²) in [7, 11) is 0. The molecule has 146 valence electrons. The number of fused-ring (bicyclic) bond motifs is 1. The number of hydrogen-bond donors (Lipinski definition) is 1. The Morgan fingerprint density at radius 3 is 2.59 bits per heavy atom. The van der Waals surface area contributed by atoms with Crippen LogP contribution >= 0.6 is 23.2 Å². The Bertz CT molecular complexity index is 1210. The number of phenols is 1. The van der Waals surface area contributed by atoms with Gasteiger partial charge in [0.2, 0.25) is 0 Å². The van der Waals surface area contributed by atoms with Crippen LogP contribution in [0.25, 0.3) is 10.9 Å². The molecule has 0 fully saturated rings. The zero-order chi connectivity index (χ0) is 20.5. The van der Waals surface area contributed by atoms with Crippen LogP contribution in [0.4, 0.5) is 4.39 Å². The van der Waals surface area contributed by atoms with Gasteiger partial charge in [-0.05, 0) is 42.3 Å². The average molecular weight is 427 g/mol. The van der Waals surface area contributed by atoms with Crippen molar-refractivity contribution in [2.75, 3.05) is 0 Å². The lowest BCUT2D eigenvalue weighted by molar-refractivity contribution is 0.469. The van der Waals surface area contributed by atoms with Crippen LogP contribution in [-0.2, 0) is 6.42 Å². The lowest BCUT2D eigenvalue weighted by atomic mass is 9.85. The van der Waals surface area contributed by atoms with Gasteiger partial charge in [0.05, 0.1) is 5.02 Å². The average Bonchev–Trinajstić information content (AvgIpc) is 2.69. The molecule has 4 aromatic rings. The molecule has 2 aromatic carbocycles. The first-order chi connectivity index (χ1) is 13.9. The van der Waals surface area contributed by atoms with E-state index in [-0.39, 0.29) is 11.7 Å². The normalized spacial score (nSPS) is 12.3. The summed E-state index contributed by atoms with van der Waals surface area (Å²) in [4.78, 5) is 8.78. The van der Waals surface area contributed by atoms with Crippen molar-refractivity contribution < 1.29 is 9.50 Å². The molecular formula is C23H17Cl2FN2O. The molecule has 0 saturated carbocycles. The number of hydrogen-bond acceptors (Lipinski definition) is 3. The SMILES string of the molecule is Cc1cc(Cl)cnc1CC(c1ccc(F)cc1Cl)c1ccc2cccnc2c1O. The number of phenolic OH excluding ortho intramolecular Hbond substituents is 1. The first-order valence-electron chi connectivity index (χ1n) is 9.06. The van der Waals surface area contributed by atoms with Gasteiger partial charge >= 0.3 is 0 Å². The number of nitrogens with zero attached hydrogens (tertiary/aromatic N) is 2. The zero-order valence-electron chi connectivity index (χ0n) is 15.5. The van der Waals surface area contributed by atoms with Gasteiger partial charge < -0.3 is 5.11 Å². The second kappa shape index (κ2) is 7.97. The second-order valence-corrected chi connectivity index (χ2v) is 7.76. The third kappa shape index (κ3) is 3.91. The minimum atomic E-state index is -0.414. The van der Waals surface area contributed by atoms with Gasteiger partial charge in [0.15, 0.2) is 0 Å². The second-order valence-electron chi connectivity index (χ2n) is 6.92. The molecule has 0 aliphatic heterocycles. The fourth-order valence-corrected chi connectivity index (χ4v) is 4.09. The quantitative estimate of drug-likeness (QED) is 0.406. The molecule has 0 aliphatic rings. The Morgan fingerprint density at radius 1 is 1.03 bits per heavy atom. The van der Waals surface area contributed by atoms with E-state index in [4.69, 9.17) is 23.2 Å². The third-order valence-corrected chi connectivity index (χ3v) is 5.58. The minimum Gasteiger partial charge on any atom is -0.505 e. The lowest BCUT2D eigenvalue weighted by Gasteiger charge is -2.21. The summed E-state index contributed by atoms with van der Waals surface area (Å²) in [6, 6.07) is 13.6. The van der Waals surface area contributed by atoms with E-state index < -0.39 is 5.82 Å². The fraction of sp³-hybridized carbons (Fsp3) is 0.130. The van der Waals surface area contributed by atoms with Gasteiger partial charge in [-0.2, -0.15) is 0 Å². The van der Waals surface area contributed by atoms with Gasteiger partial charge in [-0.1, -0.05) is 47.5 Å². The molecular weight excluding hydrogens is 410 g/mol. The largest absolute Gasteiger partial charge is 0.505 e. The van der Waals surface area contributed by atoms with Gasteiger partial charge in [0.1, 0.15) is 17.1 Å². The highest BCUT2D eigenvalue weighted by Crippen LogP contribution is 2.40. The summed E-state index contributed by atoms with van der Waals surface area (Å²) in [6.07, 6.45) is 3.69. The van der Waals surface area contributed by atoms with Crippen LogP contribution < -0.4 is 0 Å². The maximum Gasteiger partial charge on any atom is 0.145 e. The number of benzene rings is 2. The Hall–Kier alpha value is -2.69. The Balaban J connectivity index is 1.89. The summed E-state index contributed by atoms with van der Waals surface area (Å²) in [5.41, 5.74) is 3.61. The molecule has 1 N–H and O–H groups in total. The van der Waals surface area contributed by atoms with Gasteiger partial charge in [0, 0.05) is 46.4 Å². The monoisotopic (exact) mass is 426 g/mol. The molecule has 3 nitrogen and oxygen atoms in total. The van der Waals surface area contributed by atoms with Crippen molar-refractivity contribution in [2.24, 2.45) is 0 Å². The van der Waals surface area contributed by atoms with Crippen molar-refractivity contribution in [2.45, 2.75) is 19.3 Å². The summed E-state index contributed by atoms with van der Waals surface area (Å²) < 4.78 is 13.7. The maximum absolute atomic E-state index is 13.7. The number of pyridine rings is 2. The lowest BCUT2D eigenvalue weighted by Crippen LogP contribution is -2.09. The highest BCUT2D eigenvalue weighted by molar-refractivity contribution is 6.31. The van der Waals surface area contributed by atoms with Crippen LogP contribution in [0.2, 0.25) is 10.0 Å². The van der Waals surface area contributed by atoms with Gasteiger partial charge in [-0.25, -0.2) is 4.39 Å². The number of halogens is 3. The van der Waals surface area contributed by atoms with Crippen LogP contribution in [0.15, 0.2) is 60.9 Å². The minimum absolute atomic E-state index is 0.0834. The van der Waals surface area contributed by atoms with Crippen molar-refractivity contribution in [1.82, 2.24) is 9.97 Å². The Labute approximate surface area is 177 Å². The number of aromatic nitrogens is 2. The Kier molecular flexibility index (Phi) is 5.39. The molecule has 0 amide bonds. The van der Waals surface area contributed by atoms with E-state index in [1.54, 1.807) is 18.5 Å². The van der Waals surface area contributed by atoms with Crippen LogP contribution in [0, 0.1) is 12.7 Å². The van der Waals surface area contributed by atoms with Crippen LogP contribution in [0.1, 0.15) is 28.3 Å². The van der Waals surface area contributed by atoms with Crippen molar-refractivity contribution in [3.8, 4) is 5.75 Å². The smallest absolute Gasteiger partial charge is 0.145 e. The molecule has 4 rings (SSSR count). The van der Waals surface area contributed by atoms with E-state index >= 15 is 0 Å². The molecule has 0 bridgehead atoms. The molecule has 2 aromatic heterocycles. The summed E-state index contributed by atoms with van der Waals surface area (Å²) in [6.45, 7) is 1.93. The molecule has 0 spiro atoms. The molecule has 0 radical (unpaired) electrons. The van der Waals surface area contributed by atoms with Gasteiger partial charge in [-0.15, -0.1) is 0 Å². The summed E-state index contributed by atoms with van der Waals surface area (Å²) in [5, 5.41) is 12.7. The predicted molar refractivity (Wildman–Crippen MR) is 114 cm³/mol. The van der Waals surface area contributed by atoms with E-state index in [1.807, 2.05) is 37.3 Å². The van der Waals surface area contributed by atoms with Gasteiger partial charge in [0.25, 0.3) is 0 Å². The first kappa shape index (κ1) is 19.6. The number of aryl methyl sites for hydroxylation is 1. The van der Waals surface area contributed by atoms with Crippen LogP contribution in [0.5, 0.6) is 5.75 Å². The molecule has 1 atom stereocenters. The zero-order valence-corrected chi connectivity index (χ0v) is 17.0. The topological polar surface area (TPSA) is 46.0 Å². The van der Waals surface area contributed by atoms with E-state index in [0.717, 1.165) is 16.6 Å². The van der Waals surface area contributed by atoms with E-state index in [1.165, 1.54) is 12.1 Å². The van der Waals surface area contributed by atoms with E-state index in [9.17, 15) is 9.50 Å². The van der Waals surface area contributed by atoms with Crippen LogP contribution in [0.3, 0.4) is 0 Å². The Morgan fingerprint density at radius 2 is 1.83 bits per heavy atom. The number of rotatable bonds is 4. The highest BCUT2D eigenvalue weighted by Gasteiger charge is 2.24. The highest BCUT2D eigenvalue weighted by atomic mass is 35.5. The molecule has 2 heterocycles. The van der Waals surface area contributed by atoms with E-state index in [0.29, 0.717) is 33.1 Å². The van der Waals surface area contributed by atoms with Crippen molar-refractivity contribution in [3.05, 3.63) is 99.2 Å². The van der Waals surface area contributed by atoms with Crippen molar-refractivity contribution in [1.29, 1.82) is 0 Å². The standard InChI is InChI=1S/C23H17Cl2FN2O/c1-13-9-15(24)12-28-21(13)11-19(17-7-5-16(26)10-20(17)25)18-6-4-14-3-2-8-27-22(14)23(18)29/h2-10,12,19,29H,11H2,1H3. The molecule has 1 unspecified atom stereocenters. The predicted octanol–water partition coefficient (Wildman–Crippen LogP) is 6.46. The molecule has 29 heavy (non-hydrogen) atoms. The van der Waals surface area contributed by atoms with Crippen LogP contribution in [-0.4, -0.2) is 15.1 Å². The summed E-state index contributed by atoms with van der Waals surface area (Å²) >= 11 is 12.4. The van der Waals surface area contributed by atoms with Gasteiger partial charge in [-0.3, -0.25) is 9.97 Å². The van der Waals surface area contributed by atoms with Crippen molar-refractivity contribution in [3.63, 3.8) is 0 Å². The fourth-order valence-electron chi connectivity index (χ4n) is 3.57. The van der Waals surface area contributed by atoms with E-state index in [2.05, 4.69) is 9.97 Å². The maximum atomic E-state index is 13.7. The molecule has 0 saturated heterocycles. The number of aromatic hydroxyl groups is 1. The van der Waals surface area contributed by atoms with Crippen molar-refractivity contribution >= 4 is 34.1 Å². The first-order valence-corrected chi connectivity index (χ1v) is 9.82.